The Morgan fingerprint density at radius 1 is 1.24 bits per heavy atom. The van der Waals surface area contributed by atoms with Crippen LogP contribution in [0.5, 0.6) is 5.19 Å². The van der Waals surface area contributed by atoms with E-state index in [9.17, 15) is 8.42 Å². The third-order valence-corrected chi connectivity index (χ3v) is 7.43. The van der Waals surface area contributed by atoms with Gasteiger partial charge in [-0.2, -0.15) is 4.98 Å². The maximum Gasteiger partial charge on any atom is 0.324 e. The van der Waals surface area contributed by atoms with Crippen molar-refractivity contribution in [3.05, 3.63) is 10.6 Å². The Bertz CT molecular complexity index is 988. The normalized spacial score (nSPS) is 18.2. The van der Waals surface area contributed by atoms with Crippen molar-refractivity contribution in [2.24, 2.45) is 5.92 Å². The molecule has 12 heteroatoms. The summed E-state index contributed by atoms with van der Waals surface area (Å²) in [6.07, 6.45) is 2.84. The molecule has 3 heterocycles. The third kappa shape index (κ3) is 4.97. The van der Waals surface area contributed by atoms with Crippen LogP contribution < -0.4 is 14.4 Å². The number of nitrogens with zero attached hydrogens (tertiary/aromatic N) is 5. The minimum absolute atomic E-state index is 0.0531. The highest BCUT2D eigenvalue weighted by Crippen LogP contribution is 2.28. The van der Waals surface area contributed by atoms with Crippen LogP contribution in [0.25, 0.3) is 0 Å². The van der Waals surface area contributed by atoms with Gasteiger partial charge >= 0.3 is 6.01 Å². The first-order chi connectivity index (χ1) is 13.6. The van der Waals surface area contributed by atoms with Crippen molar-refractivity contribution < 1.29 is 17.7 Å². The Morgan fingerprint density at radius 2 is 1.90 bits per heavy atom. The van der Waals surface area contributed by atoms with Gasteiger partial charge in [-0.25, -0.2) is 13.1 Å². The van der Waals surface area contributed by atoms with Crippen LogP contribution in [0, 0.1) is 11.3 Å². The van der Waals surface area contributed by atoms with E-state index in [-0.39, 0.29) is 16.8 Å². The van der Waals surface area contributed by atoms with E-state index in [1.165, 1.54) is 11.6 Å². The lowest BCUT2D eigenvalue weighted by atomic mass is 9.92. The predicted octanol–water partition coefficient (Wildman–Crippen LogP) is 2.18. The van der Waals surface area contributed by atoms with Crippen LogP contribution in [0.2, 0.25) is 0 Å². The van der Waals surface area contributed by atoms with E-state index < -0.39 is 15.2 Å². The molecule has 2 aromatic heterocycles. The topological polar surface area (TPSA) is 127 Å². The zero-order valence-electron chi connectivity index (χ0n) is 17.3. The molecule has 1 aliphatic rings. The fraction of sp³-hybridized carbons (Fsp3) is 0.765. The number of piperidine rings is 1. The molecule has 1 unspecified atom stereocenters. The number of nitrogens with one attached hydrogen (secondary N) is 1. The van der Waals surface area contributed by atoms with Gasteiger partial charge < -0.3 is 14.2 Å². The lowest BCUT2D eigenvalue weighted by Crippen LogP contribution is -2.38. The minimum Gasteiger partial charge on any atom is -0.466 e. The molecular formula is C17H28N6O4S2. The van der Waals surface area contributed by atoms with Gasteiger partial charge in [-0.3, -0.25) is 5.41 Å². The van der Waals surface area contributed by atoms with Crippen molar-refractivity contribution in [1.82, 2.24) is 19.9 Å². The van der Waals surface area contributed by atoms with Crippen molar-refractivity contribution in [3.63, 3.8) is 0 Å². The molecule has 0 aliphatic carbocycles. The Balaban J connectivity index is 1.59. The van der Waals surface area contributed by atoms with Gasteiger partial charge in [0.15, 0.2) is 21.0 Å². The Kier molecular flexibility index (Phi) is 6.32. The van der Waals surface area contributed by atoms with E-state index >= 15 is 0 Å². The van der Waals surface area contributed by atoms with Crippen LogP contribution in [0.15, 0.2) is 4.52 Å². The van der Waals surface area contributed by atoms with E-state index in [2.05, 4.69) is 20.1 Å². The van der Waals surface area contributed by atoms with Gasteiger partial charge in [0, 0.05) is 25.3 Å². The number of aromatic nitrogens is 4. The van der Waals surface area contributed by atoms with Gasteiger partial charge in [0.05, 0.1) is 0 Å². The summed E-state index contributed by atoms with van der Waals surface area (Å²) in [5.74, 6) is 1.26. The molecule has 29 heavy (non-hydrogen) atoms. The van der Waals surface area contributed by atoms with Crippen LogP contribution in [-0.4, -0.2) is 53.8 Å². The SMILES string of the molecule is CC(C)c1noc(N2CCC([C@H](C)Oc3nn(C(C)S(C)(=O)=O)c(=N)s3)CC2)n1. The molecule has 10 nitrogen and oxygen atoms in total. The zero-order chi connectivity index (χ0) is 21.3. The Labute approximate surface area is 174 Å². The average molecular weight is 445 g/mol. The second kappa shape index (κ2) is 8.42. The number of hydrogen-bond acceptors (Lipinski definition) is 10. The first kappa shape index (κ1) is 21.8. The van der Waals surface area contributed by atoms with Crippen molar-refractivity contribution in [2.45, 2.75) is 57.9 Å². The van der Waals surface area contributed by atoms with E-state index in [0.29, 0.717) is 23.0 Å². The number of anilines is 1. The third-order valence-electron chi connectivity index (χ3n) is 5.25. The highest BCUT2D eigenvalue weighted by Gasteiger charge is 2.29. The Hall–Kier alpha value is -1.95. The molecule has 1 saturated heterocycles. The first-order valence-electron chi connectivity index (χ1n) is 9.64. The molecular weight excluding hydrogens is 416 g/mol. The summed E-state index contributed by atoms with van der Waals surface area (Å²) in [5.41, 5.74) is 0. The molecule has 1 aliphatic heterocycles. The molecule has 0 bridgehead atoms. The van der Waals surface area contributed by atoms with Crippen molar-refractivity contribution in [3.8, 4) is 5.19 Å². The van der Waals surface area contributed by atoms with Crippen LogP contribution in [0.4, 0.5) is 6.01 Å². The average Bonchev–Trinajstić information content (AvgIpc) is 3.27. The monoisotopic (exact) mass is 444 g/mol. The van der Waals surface area contributed by atoms with E-state index in [1.54, 1.807) is 0 Å². The molecule has 0 aromatic carbocycles. The molecule has 162 valence electrons. The van der Waals surface area contributed by atoms with Crippen molar-refractivity contribution in [1.29, 1.82) is 5.41 Å². The number of hydrogen-bond donors (Lipinski definition) is 1. The molecule has 0 saturated carbocycles. The fourth-order valence-electron chi connectivity index (χ4n) is 3.16. The van der Waals surface area contributed by atoms with Crippen LogP contribution >= 0.6 is 11.3 Å². The Morgan fingerprint density at radius 3 is 2.45 bits per heavy atom. The second-order valence-corrected chi connectivity index (χ2v) is 11.1. The molecule has 1 fully saturated rings. The summed E-state index contributed by atoms with van der Waals surface area (Å²) in [6.45, 7) is 9.15. The molecule has 0 radical (unpaired) electrons. The number of rotatable bonds is 7. The summed E-state index contributed by atoms with van der Waals surface area (Å²) < 4.78 is 36.0. The summed E-state index contributed by atoms with van der Waals surface area (Å²) in [5, 5.41) is 15.6. The molecule has 2 aromatic rings. The van der Waals surface area contributed by atoms with Gasteiger partial charge in [-0.1, -0.05) is 19.0 Å². The highest BCUT2D eigenvalue weighted by atomic mass is 32.2. The van der Waals surface area contributed by atoms with Crippen molar-refractivity contribution in [2.75, 3.05) is 24.2 Å². The summed E-state index contributed by atoms with van der Waals surface area (Å²) in [4.78, 5) is 6.60. The lowest BCUT2D eigenvalue weighted by molar-refractivity contribution is 0.129. The second-order valence-electron chi connectivity index (χ2n) is 7.78. The summed E-state index contributed by atoms with van der Waals surface area (Å²) in [7, 11) is -3.34. The largest absolute Gasteiger partial charge is 0.466 e. The van der Waals surface area contributed by atoms with E-state index in [1.807, 2.05) is 20.8 Å². The smallest absolute Gasteiger partial charge is 0.324 e. The van der Waals surface area contributed by atoms with E-state index in [4.69, 9.17) is 14.7 Å². The standard InChI is InChI=1S/C17H28N6O4S2/c1-10(2)14-19-16(27-21-14)22-8-6-13(7-9-22)11(3)26-17-20-23(15(18)28-17)12(4)29(5,24)25/h10-13,18H,6-9H2,1-5H3/t11-,12?/m0/s1. The zero-order valence-corrected chi connectivity index (χ0v) is 19.0. The van der Waals surface area contributed by atoms with Gasteiger partial charge in [0.2, 0.25) is 4.80 Å². The predicted molar refractivity (Wildman–Crippen MR) is 109 cm³/mol. The molecule has 0 amide bonds. The molecule has 1 N–H and O–H groups in total. The summed E-state index contributed by atoms with van der Waals surface area (Å²) in [6, 6.07) is 0.565. The van der Waals surface area contributed by atoms with Gasteiger partial charge in [0.1, 0.15) is 6.10 Å². The maximum atomic E-state index is 11.7. The van der Waals surface area contributed by atoms with Gasteiger partial charge in [0.25, 0.3) is 5.19 Å². The van der Waals surface area contributed by atoms with Crippen LogP contribution in [0.3, 0.4) is 0 Å². The van der Waals surface area contributed by atoms with Crippen LogP contribution in [0.1, 0.15) is 57.7 Å². The maximum absolute atomic E-state index is 11.7. The first-order valence-corrected chi connectivity index (χ1v) is 12.4. The molecule has 0 spiro atoms. The number of ether oxygens (including phenoxy) is 1. The minimum atomic E-state index is -3.34. The quantitative estimate of drug-likeness (QED) is 0.688. The summed E-state index contributed by atoms with van der Waals surface area (Å²) >= 11 is 1.04. The molecule has 2 atom stereocenters. The number of sulfone groups is 1. The molecule has 3 rings (SSSR count). The lowest BCUT2D eigenvalue weighted by Gasteiger charge is -2.33. The van der Waals surface area contributed by atoms with Gasteiger partial charge in [-0.05, 0) is 43.9 Å². The van der Waals surface area contributed by atoms with E-state index in [0.717, 1.165) is 43.5 Å². The van der Waals surface area contributed by atoms with Crippen molar-refractivity contribution >= 4 is 27.2 Å². The highest BCUT2D eigenvalue weighted by molar-refractivity contribution is 7.90. The van der Waals surface area contributed by atoms with Gasteiger partial charge in [-0.15, -0.1) is 5.10 Å². The fourth-order valence-corrected chi connectivity index (χ4v) is 4.53. The van der Waals surface area contributed by atoms with Crippen LogP contribution in [-0.2, 0) is 9.84 Å².